The first-order valence-electron chi connectivity index (χ1n) is 6.81. The summed E-state index contributed by atoms with van der Waals surface area (Å²) in [5.41, 5.74) is 1.23. The first-order valence-corrected chi connectivity index (χ1v) is 7.18. The molecule has 1 heterocycles. The highest BCUT2D eigenvalue weighted by atomic mass is 35.5. The van der Waals surface area contributed by atoms with Crippen molar-refractivity contribution in [3.63, 3.8) is 0 Å². The third-order valence-electron chi connectivity index (χ3n) is 3.45. The van der Waals surface area contributed by atoms with E-state index in [0.29, 0.717) is 16.7 Å². The van der Waals surface area contributed by atoms with Gasteiger partial charge in [0.15, 0.2) is 5.76 Å². The largest absolute Gasteiger partial charge is 0.391 e. The van der Waals surface area contributed by atoms with E-state index >= 15 is 0 Å². The number of aromatic nitrogens is 1. The normalized spacial score (nSPS) is 10.8. The van der Waals surface area contributed by atoms with Gasteiger partial charge >= 0.3 is 0 Å². The number of benzene rings is 2. The van der Waals surface area contributed by atoms with Crippen LogP contribution < -0.4 is 0 Å². The molecule has 122 valence electrons. The maximum absolute atomic E-state index is 13.2. The van der Waals surface area contributed by atoms with Crippen LogP contribution in [0.2, 0.25) is 5.02 Å². The van der Waals surface area contributed by atoms with Gasteiger partial charge in [-0.05, 0) is 18.2 Å². The highest BCUT2D eigenvalue weighted by Crippen LogP contribution is 2.36. The van der Waals surface area contributed by atoms with Crippen LogP contribution in [0.1, 0.15) is 5.56 Å². The van der Waals surface area contributed by atoms with E-state index in [-0.39, 0.29) is 22.2 Å². The molecule has 3 aromatic rings. The van der Waals surface area contributed by atoms with Crippen molar-refractivity contribution in [2.75, 3.05) is 0 Å². The second-order valence-corrected chi connectivity index (χ2v) is 5.34. The van der Waals surface area contributed by atoms with Crippen molar-refractivity contribution in [1.82, 2.24) is 5.16 Å². The minimum Gasteiger partial charge on any atom is -0.391 e. The van der Waals surface area contributed by atoms with E-state index in [2.05, 4.69) is 5.16 Å². The summed E-state index contributed by atoms with van der Waals surface area (Å²) in [6.07, 6.45) is 0. The highest BCUT2D eigenvalue weighted by Gasteiger charge is 2.21. The summed E-state index contributed by atoms with van der Waals surface area (Å²) in [4.78, 5) is 10.4. The quantitative estimate of drug-likeness (QED) is 0.563. The second-order valence-electron chi connectivity index (χ2n) is 4.93. The van der Waals surface area contributed by atoms with Crippen molar-refractivity contribution >= 4 is 17.3 Å². The van der Waals surface area contributed by atoms with Crippen molar-refractivity contribution in [2.45, 2.75) is 6.61 Å². The fourth-order valence-electron chi connectivity index (χ4n) is 2.34. The third kappa shape index (κ3) is 2.86. The SMILES string of the molecule is O=[N+]([O-])c1cccc(-c2onc(-c3ccc(F)cc3Cl)c2CO)c1. The fourth-order valence-corrected chi connectivity index (χ4v) is 2.59. The second kappa shape index (κ2) is 6.38. The van der Waals surface area contributed by atoms with E-state index in [9.17, 15) is 19.6 Å². The number of hydrogen-bond donors (Lipinski definition) is 1. The third-order valence-corrected chi connectivity index (χ3v) is 3.76. The average Bonchev–Trinajstić information content (AvgIpc) is 2.98. The number of nitrogens with zero attached hydrogens (tertiary/aromatic N) is 2. The molecule has 3 rings (SSSR count). The molecule has 2 aromatic carbocycles. The molecule has 1 N–H and O–H groups in total. The first kappa shape index (κ1) is 16.1. The van der Waals surface area contributed by atoms with Crippen molar-refractivity contribution in [2.24, 2.45) is 0 Å². The summed E-state index contributed by atoms with van der Waals surface area (Å²) in [6, 6.07) is 9.52. The lowest BCUT2D eigenvalue weighted by atomic mass is 10.0. The molecule has 0 fully saturated rings. The number of aliphatic hydroxyl groups is 1. The Labute approximate surface area is 140 Å². The topological polar surface area (TPSA) is 89.4 Å². The molecule has 0 aliphatic carbocycles. The number of hydrogen-bond acceptors (Lipinski definition) is 5. The van der Waals surface area contributed by atoms with Gasteiger partial charge < -0.3 is 9.63 Å². The zero-order chi connectivity index (χ0) is 17.3. The minimum atomic E-state index is -0.532. The number of non-ortho nitro benzene ring substituents is 1. The molecule has 0 amide bonds. The van der Waals surface area contributed by atoms with Crippen molar-refractivity contribution in [1.29, 1.82) is 0 Å². The zero-order valence-corrected chi connectivity index (χ0v) is 12.8. The van der Waals surface area contributed by atoms with Gasteiger partial charge in [0.1, 0.15) is 11.5 Å². The van der Waals surface area contributed by atoms with E-state index < -0.39 is 17.3 Å². The lowest BCUT2D eigenvalue weighted by Crippen LogP contribution is -1.92. The fraction of sp³-hybridized carbons (Fsp3) is 0.0625. The predicted molar refractivity (Wildman–Crippen MR) is 84.9 cm³/mol. The van der Waals surface area contributed by atoms with Gasteiger partial charge in [-0.1, -0.05) is 28.9 Å². The number of nitro benzene ring substituents is 1. The Bertz CT molecular complexity index is 926. The predicted octanol–water partition coefficient (Wildman–Crippen LogP) is 4.20. The van der Waals surface area contributed by atoms with Crippen LogP contribution in [0.25, 0.3) is 22.6 Å². The van der Waals surface area contributed by atoms with Gasteiger partial charge in [-0.25, -0.2) is 4.39 Å². The minimum absolute atomic E-state index is 0.114. The standard InChI is InChI=1S/C16H10ClFN2O4/c17-14-7-10(18)4-5-12(14)15-13(8-21)16(24-19-15)9-2-1-3-11(6-9)20(22)23/h1-7,21H,8H2. The first-order chi connectivity index (χ1) is 11.5. The molecule has 24 heavy (non-hydrogen) atoms. The molecular formula is C16H10ClFN2O4. The Hall–Kier alpha value is -2.77. The molecule has 0 spiro atoms. The van der Waals surface area contributed by atoms with Gasteiger partial charge in [0.05, 0.1) is 22.1 Å². The molecular weight excluding hydrogens is 339 g/mol. The Morgan fingerprint density at radius 2 is 2.08 bits per heavy atom. The summed E-state index contributed by atoms with van der Waals surface area (Å²) in [6.45, 7) is -0.426. The van der Waals surface area contributed by atoms with E-state index in [1.807, 2.05) is 0 Å². The molecule has 0 atom stereocenters. The molecule has 0 aliphatic rings. The van der Waals surface area contributed by atoms with E-state index in [1.54, 1.807) is 6.07 Å². The Balaban J connectivity index is 2.14. The monoisotopic (exact) mass is 348 g/mol. The van der Waals surface area contributed by atoms with Gasteiger partial charge in [0.25, 0.3) is 5.69 Å². The molecule has 0 aliphatic heterocycles. The molecule has 0 saturated heterocycles. The summed E-state index contributed by atoms with van der Waals surface area (Å²) >= 11 is 6.02. The maximum Gasteiger partial charge on any atom is 0.270 e. The van der Waals surface area contributed by atoms with Crippen molar-refractivity contribution in [3.05, 3.63) is 69.0 Å². The molecule has 0 radical (unpaired) electrons. The molecule has 0 bridgehead atoms. The highest BCUT2D eigenvalue weighted by molar-refractivity contribution is 6.33. The van der Waals surface area contributed by atoms with E-state index in [1.165, 1.54) is 30.3 Å². The molecule has 0 unspecified atom stereocenters. The lowest BCUT2D eigenvalue weighted by Gasteiger charge is -2.03. The summed E-state index contributed by atoms with van der Waals surface area (Å²) in [5.74, 6) is -0.312. The van der Waals surface area contributed by atoms with Crippen LogP contribution in [0.15, 0.2) is 47.0 Å². The van der Waals surface area contributed by atoms with Crippen LogP contribution in [-0.2, 0) is 6.61 Å². The summed E-state index contributed by atoms with van der Waals surface area (Å²) in [5, 5.41) is 24.6. The number of rotatable bonds is 4. The molecule has 6 nitrogen and oxygen atoms in total. The maximum atomic E-state index is 13.2. The van der Waals surface area contributed by atoms with Gasteiger partial charge in [0, 0.05) is 23.3 Å². The smallest absolute Gasteiger partial charge is 0.270 e. The van der Waals surface area contributed by atoms with Crippen LogP contribution in [0.3, 0.4) is 0 Å². The van der Waals surface area contributed by atoms with Gasteiger partial charge in [-0.2, -0.15) is 0 Å². The van der Waals surface area contributed by atoms with E-state index in [4.69, 9.17) is 16.1 Å². The van der Waals surface area contributed by atoms with Crippen molar-refractivity contribution < 1.29 is 18.9 Å². The van der Waals surface area contributed by atoms with Gasteiger partial charge in [-0.3, -0.25) is 10.1 Å². The van der Waals surface area contributed by atoms with Crippen LogP contribution in [0.5, 0.6) is 0 Å². The Morgan fingerprint density at radius 1 is 1.29 bits per heavy atom. The number of nitro groups is 1. The van der Waals surface area contributed by atoms with Gasteiger partial charge in [0.2, 0.25) is 0 Å². The summed E-state index contributed by atoms with van der Waals surface area (Å²) in [7, 11) is 0. The van der Waals surface area contributed by atoms with Crippen LogP contribution in [-0.4, -0.2) is 15.2 Å². The lowest BCUT2D eigenvalue weighted by molar-refractivity contribution is -0.384. The van der Waals surface area contributed by atoms with Gasteiger partial charge in [-0.15, -0.1) is 0 Å². The summed E-state index contributed by atoms with van der Waals surface area (Å²) < 4.78 is 18.5. The zero-order valence-electron chi connectivity index (χ0n) is 12.1. The van der Waals surface area contributed by atoms with E-state index in [0.717, 1.165) is 6.07 Å². The number of halogens is 2. The molecule has 1 aromatic heterocycles. The van der Waals surface area contributed by atoms with Crippen LogP contribution >= 0.6 is 11.6 Å². The average molecular weight is 349 g/mol. The van der Waals surface area contributed by atoms with Crippen LogP contribution in [0, 0.1) is 15.9 Å². The Kier molecular flexibility index (Phi) is 4.28. The van der Waals surface area contributed by atoms with Crippen LogP contribution in [0.4, 0.5) is 10.1 Å². The Morgan fingerprint density at radius 3 is 2.75 bits per heavy atom. The number of aliphatic hydroxyl groups excluding tert-OH is 1. The molecule has 0 saturated carbocycles. The van der Waals surface area contributed by atoms with Crippen molar-refractivity contribution in [3.8, 4) is 22.6 Å². The molecule has 8 heteroatoms.